The summed E-state index contributed by atoms with van der Waals surface area (Å²) in [6.07, 6.45) is 0. The monoisotopic (exact) mass is 413 g/mol. The minimum Gasteiger partial charge on any atom is -0.347 e. The third-order valence-corrected chi connectivity index (χ3v) is 4.83. The van der Waals surface area contributed by atoms with Crippen molar-refractivity contribution in [1.29, 1.82) is 0 Å². The summed E-state index contributed by atoms with van der Waals surface area (Å²) in [6.45, 7) is 2.06. The third-order valence-electron chi connectivity index (χ3n) is 4.58. The van der Waals surface area contributed by atoms with E-state index in [0.29, 0.717) is 30.6 Å². The van der Waals surface area contributed by atoms with Gasteiger partial charge in [-0.2, -0.15) is 0 Å². The number of nitrogens with one attached hydrogen (secondary N) is 2. The van der Waals surface area contributed by atoms with E-state index in [-0.39, 0.29) is 24.9 Å². The third kappa shape index (κ3) is 5.96. The van der Waals surface area contributed by atoms with Crippen molar-refractivity contribution in [3.63, 3.8) is 0 Å². The molecule has 2 amide bonds. The Bertz CT molecular complexity index is 870. The molecule has 1 heterocycles. The zero-order valence-electron chi connectivity index (χ0n) is 16.3. The summed E-state index contributed by atoms with van der Waals surface area (Å²) in [5, 5.41) is 6.52. The number of piperazine rings is 1. The van der Waals surface area contributed by atoms with Crippen molar-refractivity contribution in [3.05, 3.63) is 65.2 Å². The molecule has 0 aliphatic carbocycles. The van der Waals surface area contributed by atoms with E-state index in [2.05, 4.69) is 15.6 Å². The van der Waals surface area contributed by atoms with Gasteiger partial charge < -0.3 is 20.4 Å². The highest BCUT2D eigenvalue weighted by Crippen LogP contribution is 2.13. The molecule has 7 nitrogen and oxygen atoms in total. The van der Waals surface area contributed by atoms with Crippen molar-refractivity contribution in [2.75, 3.05) is 38.5 Å². The van der Waals surface area contributed by atoms with Crippen LogP contribution in [0.5, 0.6) is 0 Å². The molecule has 2 N–H and O–H groups in total. The summed E-state index contributed by atoms with van der Waals surface area (Å²) >= 11 is 5.91. The lowest BCUT2D eigenvalue weighted by Gasteiger charge is -2.36. The van der Waals surface area contributed by atoms with Gasteiger partial charge >= 0.3 is 0 Å². The number of halogens is 1. The van der Waals surface area contributed by atoms with Crippen LogP contribution in [0.4, 0.5) is 5.69 Å². The first kappa shape index (κ1) is 20.7. The van der Waals surface area contributed by atoms with Gasteiger partial charge in [-0.3, -0.25) is 14.6 Å². The van der Waals surface area contributed by atoms with Crippen molar-refractivity contribution in [2.45, 2.75) is 6.54 Å². The Morgan fingerprint density at radius 3 is 2.48 bits per heavy atom. The Morgan fingerprint density at radius 2 is 1.83 bits per heavy atom. The number of nitrogens with zero attached hydrogens (tertiary/aromatic N) is 3. The number of para-hydroxylation sites is 1. The number of anilines is 1. The van der Waals surface area contributed by atoms with Crippen molar-refractivity contribution in [2.24, 2.45) is 4.99 Å². The van der Waals surface area contributed by atoms with Crippen molar-refractivity contribution >= 4 is 35.1 Å². The van der Waals surface area contributed by atoms with Gasteiger partial charge in [-0.15, -0.1) is 0 Å². The molecule has 1 aliphatic rings. The van der Waals surface area contributed by atoms with E-state index >= 15 is 0 Å². The SMILES string of the molecule is CN=C(NCC(=O)Nc1ccccc1)N1CCN(Cc2ccc(Cl)cc2)C(=O)C1. The first-order valence-corrected chi connectivity index (χ1v) is 9.75. The molecule has 0 unspecified atom stereocenters. The minimum atomic E-state index is -0.176. The van der Waals surface area contributed by atoms with Crippen LogP contribution in [0.25, 0.3) is 0 Å². The predicted octanol–water partition coefficient (Wildman–Crippen LogP) is 2.20. The smallest absolute Gasteiger partial charge is 0.243 e. The normalized spacial score (nSPS) is 14.7. The van der Waals surface area contributed by atoms with E-state index in [4.69, 9.17) is 11.6 Å². The largest absolute Gasteiger partial charge is 0.347 e. The minimum absolute atomic E-state index is 0.0166. The Balaban J connectivity index is 1.49. The van der Waals surface area contributed by atoms with Gasteiger partial charge in [-0.1, -0.05) is 41.9 Å². The standard InChI is InChI=1S/C21H24ClN5O2/c1-23-21(24-13-19(28)25-18-5-3-2-4-6-18)27-12-11-26(20(29)15-27)14-16-7-9-17(22)10-8-16/h2-10H,11-15H2,1H3,(H,23,24)(H,25,28). The second kappa shape index (κ2) is 9.93. The average molecular weight is 414 g/mol. The molecule has 2 aromatic carbocycles. The lowest BCUT2D eigenvalue weighted by Crippen LogP contribution is -2.55. The fourth-order valence-electron chi connectivity index (χ4n) is 3.08. The zero-order valence-corrected chi connectivity index (χ0v) is 17.0. The fourth-order valence-corrected chi connectivity index (χ4v) is 3.21. The van der Waals surface area contributed by atoms with Gasteiger partial charge in [0.15, 0.2) is 5.96 Å². The summed E-state index contributed by atoms with van der Waals surface area (Å²) in [5.41, 5.74) is 1.77. The molecule has 2 aromatic rings. The number of aliphatic imine (C=N–C) groups is 1. The van der Waals surface area contributed by atoms with Gasteiger partial charge in [0.2, 0.25) is 11.8 Å². The van der Waals surface area contributed by atoms with Crippen LogP contribution in [0.1, 0.15) is 5.56 Å². The van der Waals surface area contributed by atoms with E-state index in [1.807, 2.05) is 64.4 Å². The molecule has 1 saturated heterocycles. The van der Waals surface area contributed by atoms with E-state index in [1.54, 1.807) is 7.05 Å². The molecule has 1 fully saturated rings. The maximum absolute atomic E-state index is 12.6. The molecule has 8 heteroatoms. The average Bonchev–Trinajstić information content (AvgIpc) is 2.72. The Morgan fingerprint density at radius 1 is 1.10 bits per heavy atom. The van der Waals surface area contributed by atoms with Crippen LogP contribution in [0.3, 0.4) is 0 Å². The number of hydrogen-bond acceptors (Lipinski definition) is 3. The molecule has 3 rings (SSSR count). The number of amides is 2. The van der Waals surface area contributed by atoms with Crippen LogP contribution in [0.2, 0.25) is 5.02 Å². The zero-order chi connectivity index (χ0) is 20.6. The van der Waals surface area contributed by atoms with Crippen LogP contribution in [-0.4, -0.2) is 60.8 Å². The summed E-state index contributed by atoms with van der Waals surface area (Å²) in [4.78, 5) is 32.6. The van der Waals surface area contributed by atoms with Crippen molar-refractivity contribution < 1.29 is 9.59 Å². The quantitative estimate of drug-likeness (QED) is 0.582. The van der Waals surface area contributed by atoms with Gasteiger partial charge in [0.05, 0.1) is 13.1 Å². The number of benzene rings is 2. The lowest BCUT2D eigenvalue weighted by atomic mass is 10.2. The van der Waals surface area contributed by atoms with E-state index < -0.39 is 0 Å². The van der Waals surface area contributed by atoms with Gasteiger partial charge in [0.25, 0.3) is 0 Å². The van der Waals surface area contributed by atoms with Crippen molar-refractivity contribution in [1.82, 2.24) is 15.1 Å². The maximum Gasteiger partial charge on any atom is 0.243 e. The van der Waals surface area contributed by atoms with Gasteiger partial charge in [-0.25, -0.2) is 0 Å². The molecule has 0 radical (unpaired) electrons. The second-order valence-electron chi connectivity index (χ2n) is 6.68. The molecule has 0 aromatic heterocycles. The summed E-state index contributed by atoms with van der Waals surface area (Å²) < 4.78 is 0. The van der Waals surface area contributed by atoms with Gasteiger partial charge in [-0.05, 0) is 29.8 Å². The van der Waals surface area contributed by atoms with E-state index in [9.17, 15) is 9.59 Å². The molecular formula is C21H24ClN5O2. The Kier molecular flexibility index (Phi) is 7.08. The highest BCUT2D eigenvalue weighted by molar-refractivity contribution is 6.30. The van der Waals surface area contributed by atoms with Gasteiger partial charge in [0, 0.05) is 37.4 Å². The lowest BCUT2D eigenvalue weighted by molar-refractivity contribution is -0.135. The number of hydrogen-bond donors (Lipinski definition) is 2. The first-order valence-electron chi connectivity index (χ1n) is 9.38. The van der Waals surface area contributed by atoms with E-state index in [1.165, 1.54) is 0 Å². The van der Waals surface area contributed by atoms with Crippen molar-refractivity contribution in [3.8, 4) is 0 Å². The first-order chi connectivity index (χ1) is 14.0. The van der Waals surface area contributed by atoms with Crippen LogP contribution < -0.4 is 10.6 Å². The number of guanidine groups is 1. The molecular weight excluding hydrogens is 390 g/mol. The summed E-state index contributed by atoms with van der Waals surface area (Å²) in [5.74, 6) is 0.376. The van der Waals surface area contributed by atoms with Crippen LogP contribution in [-0.2, 0) is 16.1 Å². The molecule has 0 bridgehead atoms. The molecule has 0 spiro atoms. The fraction of sp³-hybridized carbons (Fsp3) is 0.286. The van der Waals surface area contributed by atoms with E-state index in [0.717, 1.165) is 11.3 Å². The molecule has 29 heavy (non-hydrogen) atoms. The van der Waals surface area contributed by atoms with Crippen LogP contribution >= 0.6 is 11.6 Å². The number of carbonyl (C=O) groups is 2. The number of rotatable bonds is 5. The Hall–Kier alpha value is -3.06. The number of carbonyl (C=O) groups excluding carboxylic acids is 2. The van der Waals surface area contributed by atoms with Gasteiger partial charge in [0.1, 0.15) is 0 Å². The molecule has 0 atom stereocenters. The molecule has 0 saturated carbocycles. The maximum atomic E-state index is 12.6. The molecule has 152 valence electrons. The predicted molar refractivity (Wildman–Crippen MR) is 115 cm³/mol. The molecule has 1 aliphatic heterocycles. The Labute approximate surface area is 175 Å². The highest BCUT2D eigenvalue weighted by Gasteiger charge is 2.26. The van der Waals surface area contributed by atoms with Crippen LogP contribution in [0, 0.1) is 0 Å². The summed E-state index contributed by atoms with van der Waals surface area (Å²) in [7, 11) is 1.64. The van der Waals surface area contributed by atoms with Crippen LogP contribution in [0.15, 0.2) is 59.6 Å². The highest BCUT2D eigenvalue weighted by atomic mass is 35.5. The summed E-state index contributed by atoms with van der Waals surface area (Å²) in [6, 6.07) is 16.7. The second-order valence-corrected chi connectivity index (χ2v) is 7.11. The topological polar surface area (TPSA) is 77.0 Å².